The third kappa shape index (κ3) is 6.48. The average molecular weight is 504 g/mol. The molecule has 0 aliphatic heterocycles. The summed E-state index contributed by atoms with van der Waals surface area (Å²) in [6.45, 7) is -0.347. The molecule has 0 spiro atoms. The van der Waals surface area contributed by atoms with Crippen molar-refractivity contribution in [2.24, 2.45) is 0 Å². The van der Waals surface area contributed by atoms with E-state index in [1.807, 2.05) is 0 Å². The highest BCUT2D eigenvalue weighted by Gasteiger charge is 2.15. The number of amides is 1. The van der Waals surface area contributed by atoms with Gasteiger partial charge in [0, 0.05) is 15.7 Å². The highest BCUT2D eigenvalue weighted by molar-refractivity contribution is 7.92. The van der Waals surface area contributed by atoms with Crippen LogP contribution in [0.25, 0.3) is 0 Å². The Morgan fingerprint density at radius 1 is 0.903 bits per heavy atom. The lowest BCUT2D eigenvalue weighted by Gasteiger charge is -2.11. The van der Waals surface area contributed by atoms with Crippen molar-refractivity contribution in [2.45, 2.75) is 4.90 Å². The Balaban J connectivity index is 1.60. The SMILES string of the molecule is O=C(COc1ccc(S(=O)(=O)Nc2cc(Cl)cc(Cl)c2)cc1)Nc1ccc(F)c(Cl)c1. The number of halogens is 4. The molecule has 0 heterocycles. The Morgan fingerprint density at radius 2 is 1.55 bits per heavy atom. The number of hydrogen-bond donors (Lipinski definition) is 2. The highest BCUT2D eigenvalue weighted by Crippen LogP contribution is 2.25. The van der Waals surface area contributed by atoms with Crippen LogP contribution in [-0.4, -0.2) is 20.9 Å². The maximum absolute atomic E-state index is 13.2. The van der Waals surface area contributed by atoms with Crippen molar-refractivity contribution < 1.29 is 22.3 Å². The second kappa shape index (κ2) is 9.74. The van der Waals surface area contributed by atoms with Crippen LogP contribution in [0.1, 0.15) is 0 Å². The van der Waals surface area contributed by atoms with Gasteiger partial charge in [0.1, 0.15) is 11.6 Å². The Morgan fingerprint density at radius 3 is 2.16 bits per heavy atom. The molecular formula is C20H14Cl3FN2O4S. The van der Waals surface area contributed by atoms with E-state index in [0.717, 1.165) is 6.07 Å². The lowest BCUT2D eigenvalue weighted by atomic mass is 10.3. The number of ether oxygens (including phenoxy) is 1. The van der Waals surface area contributed by atoms with E-state index >= 15 is 0 Å². The van der Waals surface area contributed by atoms with Crippen molar-refractivity contribution in [2.75, 3.05) is 16.6 Å². The fourth-order valence-electron chi connectivity index (χ4n) is 2.46. The Labute approximate surface area is 192 Å². The van der Waals surface area contributed by atoms with Crippen molar-refractivity contribution in [1.29, 1.82) is 0 Å². The number of carbonyl (C=O) groups excluding carboxylic acids is 1. The first-order chi connectivity index (χ1) is 14.6. The van der Waals surface area contributed by atoms with Crippen LogP contribution < -0.4 is 14.8 Å². The molecule has 0 unspecified atom stereocenters. The van der Waals surface area contributed by atoms with E-state index in [1.165, 1.54) is 54.6 Å². The maximum Gasteiger partial charge on any atom is 0.262 e. The van der Waals surface area contributed by atoms with E-state index in [-0.39, 0.29) is 38.0 Å². The summed E-state index contributed by atoms with van der Waals surface area (Å²) in [6.07, 6.45) is 0. The van der Waals surface area contributed by atoms with Gasteiger partial charge in [-0.1, -0.05) is 34.8 Å². The van der Waals surface area contributed by atoms with Gasteiger partial charge in [-0.25, -0.2) is 12.8 Å². The molecule has 1 amide bonds. The van der Waals surface area contributed by atoms with Crippen LogP contribution in [0.5, 0.6) is 5.75 Å². The molecule has 3 aromatic carbocycles. The highest BCUT2D eigenvalue weighted by atomic mass is 35.5. The molecule has 0 radical (unpaired) electrons. The number of sulfonamides is 1. The van der Waals surface area contributed by atoms with Gasteiger partial charge in [0.15, 0.2) is 6.61 Å². The van der Waals surface area contributed by atoms with Crippen LogP contribution in [0.15, 0.2) is 65.6 Å². The van der Waals surface area contributed by atoms with Crippen LogP contribution in [0, 0.1) is 5.82 Å². The summed E-state index contributed by atoms with van der Waals surface area (Å²) in [7, 11) is -3.89. The van der Waals surface area contributed by atoms with Crippen LogP contribution in [0.3, 0.4) is 0 Å². The van der Waals surface area contributed by atoms with Crippen molar-refractivity contribution in [3.8, 4) is 5.75 Å². The first-order valence-electron chi connectivity index (χ1n) is 8.59. The Bertz CT molecular complexity index is 1200. The van der Waals surface area contributed by atoms with Crippen molar-refractivity contribution >= 4 is 62.1 Å². The fraction of sp³-hybridized carbons (Fsp3) is 0.0500. The van der Waals surface area contributed by atoms with Crippen molar-refractivity contribution in [3.05, 3.63) is 81.5 Å². The van der Waals surface area contributed by atoms with Gasteiger partial charge in [0.25, 0.3) is 15.9 Å². The third-order valence-corrected chi connectivity index (χ3v) is 5.95. The number of nitrogens with one attached hydrogen (secondary N) is 2. The van der Waals surface area contributed by atoms with Crippen molar-refractivity contribution in [3.63, 3.8) is 0 Å². The van der Waals surface area contributed by atoms with Crippen LogP contribution in [0.4, 0.5) is 15.8 Å². The molecule has 2 N–H and O–H groups in total. The summed E-state index contributed by atoms with van der Waals surface area (Å²) in [6, 6.07) is 13.5. The van der Waals surface area contributed by atoms with Gasteiger partial charge in [-0.3, -0.25) is 9.52 Å². The first-order valence-corrected chi connectivity index (χ1v) is 11.2. The van der Waals surface area contributed by atoms with E-state index in [0.29, 0.717) is 5.69 Å². The summed E-state index contributed by atoms with van der Waals surface area (Å²) >= 11 is 17.4. The minimum Gasteiger partial charge on any atom is -0.484 e. The molecule has 0 saturated heterocycles. The molecule has 0 aliphatic carbocycles. The molecule has 0 atom stereocenters. The molecule has 0 aliphatic rings. The Kier molecular flexibility index (Phi) is 7.27. The van der Waals surface area contributed by atoms with Gasteiger partial charge < -0.3 is 10.1 Å². The molecule has 6 nitrogen and oxygen atoms in total. The summed E-state index contributed by atoms with van der Waals surface area (Å²) in [5, 5.41) is 2.96. The van der Waals surface area contributed by atoms with E-state index < -0.39 is 21.7 Å². The topological polar surface area (TPSA) is 84.5 Å². The van der Waals surface area contributed by atoms with Crippen molar-refractivity contribution in [1.82, 2.24) is 0 Å². The van der Waals surface area contributed by atoms with Gasteiger partial charge in [0.05, 0.1) is 15.6 Å². The zero-order valence-electron chi connectivity index (χ0n) is 15.5. The lowest BCUT2D eigenvalue weighted by Crippen LogP contribution is -2.20. The van der Waals surface area contributed by atoms with Crippen LogP contribution in [-0.2, 0) is 14.8 Å². The zero-order chi connectivity index (χ0) is 22.6. The van der Waals surface area contributed by atoms with Gasteiger partial charge in [-0.2, -0.15) is 0 Å². The normalized spacial score (nSPS) is 11.1. The number of carbonyl (C=O) groups is 1. The molecule has 0 aromatic heterocycles. The molecular weight excluding hydrogens is 490 g/mol. The summed E-state index contributed by atoms with van der Waals surface area (Å²) in [4.78, 5) is 11.9. The summed E-state index contributed by atoms with van der Waals surface area (Å²) in [5.74, 6) is -0.824. The van der Waals surface area contributed by atoms with Crippen LogP contribution >= 0.6 is 34.8 Å². The molecule has 31 heavy (non-hydrogen) atoms. The minimum atomic E-state index is -3.89. The van der Waals surface area contributed by atoms with Gasteiger partial charge in [-0.05, 0) is 60.7 Å². The molecule has 162 valence electrons. The largest absolute Gasteiger partial charge is 0.484 e. The molecule has 0 bridgehead atoms. The number of benzene rings is 3. The minimum absolute atomic E-state index is 0.0265. The van der Waals surface area contributed by atoms with Gasteiger partial charge >= 0.3 is 0 Å². The quantitative estimate of drug-likeness (QED) is 0.439. The smallest absolute Gasteiger partial charge is 0.262 e. The Hall–Kier alpha value is -2.52. The second-order valence-electron chi connectivity index (χ2n) is 6.20. The number of anilines is 2. The van der Waals surface area contributed by atoms with Gasteiger partial charge in [-0.15, -0.1) is 0 Å². The lowest BCUT2D eigenvalue weighted by molar-refractivity contribution is -0.118. The first kappa shape index (κ1) is 23.1. The van der Waals surface area contributed by atoms with E-state index in [1.54, 1.807) is 0 Å². The number of rotatable bonds is 7. The predicted octanol–water partition coefficient (Wildman–Crippen LogP) is 5.60. The summed E-state index contributed by atoms with van der Waals surface area (Å²) < 4.78 is 45.9. The third-order valence-electron chi connectivity index (χ3n) is 3.82. The van der Waals surface area contributed by atoms with E-state index in [9.17, 15) is 17.6 Å². The predicted molar refractivity (Wildman–Crippen MR) is 119 cm³/mol. The zero-order valence-corrected chi connectivity index (χ0v) is 18.6. The van der Waals surface area contributed by atoms with E-state index in [2.05, 4.69) is 10.0 Å². The maximum atomic E-state index is 13.2. The second-order valence-corrected chi connectivity index (χ2v) is 9.16. The molecule has 11 heteroatoms. The van der Waals surface area contributed by atoms with E-state index in [4.69, 9.17) is 39.5 Å². The molecule has 0 fully saturated rings. The van der Waals surface area contributed by atoms with Crippen LogP contribution in [0.2, 0.25) is 15.1 Å². The standard InChI is InChI=1S/C20H14Cl3FN2O4S/c21-12-7-13(22)9-15(8-12)26-31(28,29)17-4-2-16(3-5-17)30-11-20(27)25-14-1-6-19(24)18(23)10-14/h1-10,26H,11H2,(H,25,27). The van der Waals surface area contributed by atoms with Gasteiger partial charge in [0.2, 0.25) is 0 Å². The average Bonchev–Trinajstić information content (AvgIpc) is 2.68. The molecule has 0 saturated carbocycles. The summed E-state index contributed by atoms with van der Waals surface area (Å²) in [5.41, 5.74) is 0.532. The molecule has 3 aromatic rings. The monoisotopic (exact) mass is 502 g/mol. The molecule has 3 rings (SSSR count). The fourth-order valence-corrected chi connectivity index (χ4v) is 4.21. The number of hydrogen-bond acceptors (Lipinski definition) is 4.